The highest BCUT2D eigenvalue weighted by Gasteiger charge is 2.04. The molecule has 0 saturated heterocycles. The molecule has 2 amide bonds. The molecule has 5 nitrogen and oxygen atoms in total. The lowest BCUT2D eigenvalue weighted by Gasteiger charge is -2.11. The number of nitrogens with one attached hydrogen (secondary N) is 2. The number of carbonyl (C=O) groups is 2. The summed E-state index contributed by atoms with van der Waals surface area (Å²) in [6.07, 6.45) is 0. The molecular formula is C14H21N3O2. The van der Waals surface area contributed by atoms with Gasteiger partial charge in [-0.2, -0.15) is 0 Å². The van der Waals surface area contributed by atoms with Gasteiger partial charge in [-0.1, -0.05) is 17.7 Å². The van der Waals surface area contributed by atoms with Crippen molar-refractivity contribution in [1.82, 2.24) is 15.5 Å². The van der Waals surface area contributed by atoms with E-state index < -0.39 is 0 Å². The Balaban J connectivity index is 2.21. The average Bonchev–Trinajstić information content (AvgIpc) is 2.38. The fourth-order valence-electron chi connectivity index (χ4n) is 1.42. The fraction of sp³-hybridized carbons (Fsp3) is 0.429. The van der Waals surface area contributed by atoms with Crippen LogP contribution in [-0.4, -0.2) is 50.4 Å². The molecule has 0 atom stereocenters. The molecule has 0 bridgehead atoms. The first kappa shape index (κ1) is 15.2. The van der Waals surface area contributed by atoms with Gasteiger partial charge in [-0.05, 0) is 19.1 Å². The molecule has 0 aromatic heterocycles. The van der Waals surface area contributed by atoms with Gasteiger partial charge in [-0.15, -0.1) is 0 Å². The van der Waals surface area contributed by atoms with Crippen molar-refractivity contribution in [3.8, 4) is 0 Å². The molecule has 1 rings (SSSR count). The first-order chi connectivity index (χ1) is 9.00. The summed E-state index contributed by atoms with van der Waals surface area (Å²) < 4.78 is 0. The zero-order valence-electron chi connectivity index (χ0n) is 11.7. The van der Waals surface area contributed by atoms with E-state index in [9.17, 15) is 9.59 Å². The smallest absolute Gasteiger partial charge is 0.251 e. The van der Waals surface area contributed by atoms with Crippen LogP contribution in [0.5, 0.6) is 0 Å². The van der Waals surface area contributed by atoms with E-state index in [1.165, 1.54) is 4.90 Å². The maximum atomic E-state index is 11.7. The van der Waals surface area contributed by atoms with E-state index in [0.29, 0.717) is 18.7 Å². The number of aryl methyl sites for hydroxylation is 1. The number of likely N-dealkylation sites (N-methyl/N-ethyl adjacent to an activating group) is 1. The lowest BCUT2D eigenvalue weighted by molar-refractivity contribution is -0.127. The Kier molecular flexibility index (Phi) is 6.02. The maximum Gasteiger partial charge on any atom is 0.251 e. The molecule has 0 aliphatic rings. The summed E-state index contributed by atoms with van der Waals surface area (Å²) in [6, 6.07) is 7.41. The number of amides is 2. The van der Waals surface area contributed by atoms with Crippen molar-refractivity contribution in [2.24, 2.45) is 0 Å². The third kappa shape index (κ3) is 5.52. The Morgan fingerprint density at radius 2 is 1.74 bits per heavy atom. The van der Waals surface area contributed by atoms with Gasteiger partial charge in [0.15, 0.2) is 0 Å². The van der Waals surface area contributed by atoms with Gasteiger partial charge in [0.1, 0.15) is 0 Å². The molecule has 2 N–H and O–H groups in total. The quantitative estimate of drug-likeness (QED) is 0.730. The van der Waals surface area contributed by atoms with Crippen LogP contribution < -0.4 is 10.6 Å². The highest BCUT2D eigenvalue weighted by atomic mass is 16.2. The Hall–Kier alpha value is -1.88. The van der Waals surface area contributed by atoms with Gasteiger partial charge >= 0.3 is 0 Å². The SMILES string of the molecule is Cc1ccc(C(=O)NCCNCC(=O)N(C)C)cc1. The van der Waals surface area contributed by atoms with Crippen LogP contribution in [0.3, 0.4) is 0 Å². The topological polar surface area (TPSA) is 61.4 Å². The Labute approximate surface area is 114 Å². The molecule has 0 fully saturated rings. The molecule has 1 aromatic rings. The van der Waals surface area contributed by atoms with E-state index in [4.69, 9.17) is 0 Å². The largest absolute Gasteiger partial charge is 0.351 e. The lowest BCUT2D eigenvalue weighted by atomic mass is 10.1. The van der Waals surface area contributed by atoms with E-state index in [1.54, 1.807) is 26.2 Å². The summed E-state index contributed by atoms with van der Waals surface area (Å²) in [5.74, 6) is -0.0782. The van der Waals surface area contributed by atoms with Crippen molar-refractivity contribution < 1.29 is 9.59 Å². The van der Waals surface area contributed by atoms with Gasteiger partial charge in [0.05, 0.1) is 6.54 Å². The summed E-state index contributed by atoms with van der Waals surface area (Å²) in [4.78, 5) is 24.5. The third-order valence-electron chi connectivity index (χ3n) is 2.68. The Morgan fingerprint density at radius 1 is 1.11 bits per heavy atom. The van der Waals surface area contributed by atoms with Crippen LogP contribution >= 0.6 is 0 Å². The second kappa shape index (κ2) is 7.53. The van der Waals surface area contributed by atoms with E-state index in [2.05, 4.69) is 10.6 Å². The van der Waals surface area contributed by atoms with Crippen LogP contribution in [0.25, 0.3) is 0 Å². The van der Waals surface area contributed by atoms with Gasteiger partial charge in [0.25, 0.3) is 5.91 Å². The Bertz CT molecular complexity index is 427. The maximum absolute atomic E-state index is 11.7. The van der Waals surface area contributed by atoms with Crippen LogP contribution in [0.1, 0.15) is 15.9 Å². The van der Waals surface area contributed by atoms with Crippen LogP contribution in [0, 0.1) is 6.92 Å². The van der Waals surface area contributed by atoms with Gasteiger partial charge < -0.3 is 15.5 Å². The monoisotopic (exact) mass is 263 g/mol. The number of rotatable bonds is 6. The molecule has 104 valence electrons. The van der Waals surface area contributed by atoms with Gasteiger partial charge in [0, 0.05) is 32.7 Å². The number of benzene rings is 1. The standard InChI is InChI=1S/C14H21N3O2/c1-11-4-6-12(7-5-11)14(19)16-9-8-15-10-13(18)17(2)3/h4-7,15H,8-10H2,1-3H3,(H,16,19). The minimum atomic E-state index is -0.0965. The normalized spacial score (nSPS) is 10.1. The van der Waals surface area contributed by atoms with Crippen molar-refractivity contribution in [3.05, 3.63) is 35.4 Å². The summed E-state index contributed by atoms with van der Waals surface area (Å²) in [5.41, 5.74) is 1.77. The van der Waals surface area contributed by atoms with E-state index in [1.807, 2.05) is 19.1 Å². The Morgan fingerprint density at radius 3 is 2.32 bits per heavy atom. The third-order valence-corrected chi connectivity index (χ3v) is 2.68. The van der Waals surface area contributed by atoms with Crippen LogP contribution in [0.4, 0.5) is 0 Å². The summed E-state index contributed by atoms with van der Waals surface area (Å²) in [5, 5.41) is 5.77. The molecule has 0 unspecified atom stereocenters. The molecule has 0 heterocycles. The molecule has 0 aliphatic carbocycles. The summed E-state index contributed by atoms with van der Waals surface area (Å²) in [6.45, 7) is 3.32. The zero-order valence-corrected chi connectivity index (χ0v) is 11.7. The molecule has 0 spiro atoms. The molecule has 0 radical (unpaired) electrons. The van der Waals surface area contributed by atoms with E-state index >= 15 is 0 Å². The highest BCUT2D eigenvalue weighted by molar-refractivity contribution is 5.94. The first-order valence-electron chi connectivity index (χ1n) is 6.26. The fourth-order valence-corrected chi connectivity index (χ4v) is 1.42. The van der Waals surface area contributed by atoms with Crippen LogP contribution in [-0.2, 0) is 4.79 Å². The predicted molar refractivity (Wildman–Crippen MR) is 75.1 cm³/mol. The molecular weight excluding hydrogens is 242 g/mol. The van der Waals surface area contributed by atoms with Gasteiger partial charge in [0.2, 0.25) is 5.91 Å². The van der Waals surface area contributed by atoms with Crippen LogP contribution in [0.15, 0.2) is 24.3 Å². The molecule has 19 heavy (non-hydrogen) atoms. The number of nitrogens with zero attached hydrogens (tertiary/aromatic N) is 1. The van der Waals surface area contributed by atoms with Gasteiger partial charge in [-0.3, -0.25) is 9.59 Å². The van der Waals surface area contributed by atoms with Crippen molar-refractivity contribution in [2.75, 3.05) is 33.7 Å². The summed E-state index contributed by atoms with van der Waals surface area (Å²) in [7, 11) is 3.42. The minimum Gasteiger partial charge on any atom is -0.351 e. The average molecular weight is 263 g/mol. The van der Waals surface area contributed by atoms with Crippen LogP contribution in [0.2, 0.25) is 0 Å². The molecule has 1 aromatic carbocycles. The predicted octanol–water partition coefficient (Wildman–Crippen LogP) is 0.403. The molecule has 0 saturated carbocycles. The van der Waals surface area contributed by atoms with Crippen molar-refractivity contribution >= 4 is 11.8 Å². The van der Waals surface area contributed by atoms with E-state index in [-0.39, 0.29) is 18.4 Å². The van der Waals surface area contributed by atoms with Gasteiger partial charge in [-0.25, -0.2) is 0 Å². The molecule has 0 aliphatic heterocycles. The lowest BCUT2D eigenvalue weighted by Crippen LogP contribution is -2.37. The zero-order chi connectivity index (χ0) is 14.3. The number of hydrogen-bond acceptors (Lipinski definition) is 3. The number of hydrogen-bond donors (Lipinski definition) is 2. The van der Waals surface area contributed by atoms with Crippen molar-refractivity contribution in [3.63, 3.8) is 0 Å². The minimum absolute atomic E-state index is 0.0184. The second-order valence-electron chi connectivity index (χ2n) is 4.59. The highest BCUT2D eigenvalue weighted by Crippen LogP contribution is 2.02. The van der Waals surface area contributed by atoms with Crippen molar-refractivity contribution in [2.45, 2.75) is 6.92 Å². The first-order valence-corrected chi connectivity index (χ1v) is 6.26. The second-order valence-corrected chi connectivity index (χ2v) is 4.59. The number of carbonyl (C=O) groups excluding carboxylic acids is 2. The van der Waals surface area contributed by atoms with E-state index in [0.717, 1.165) is 5.56 Å². The summed E-state index contributed by atoms with van der Waals surface area (Å²) >= 11 is 0. The van der Waals surface area contributed by atoms with Crippen molar-refractivity contribution in [1.29, 1.82) is 0 Å². The molecule has 5 heteroatoms.